The van der Waals surface area contributed by atoms with Crippen molar-refractivity contribution >= 4 is 5.91 Å². The molecule has 5 nitrogen and oxygen atoms in total. The summed E-state index contributed by atoms with van der Waals surface area (Å²) < 4.78 is 47.9. The fourth-order valence-corrected chi connectivity index (χ4v) is 1.64. The Morgan fingerprint density at radius 2 is 2.10 bits per heavy atom. The van der Waals surface area contributed by atoms with Crippen molar-refractivity contribution in [3.63, 3.8) is 0 Å². The first kappa shape index (κ1) is 14.9. The second-order valence-corrected chi connectivity index (χ2v) is 4.05. The molecule has 0 atom stereocenters. The summed E-state index contributed by atoms with van der Waals surface area (Å²) in [6.45, 7) is -0.197. The van der Waals surface area contributed by atoms with Crippen LogP contribution in [0.1, 0.15) is 21.7 Å². The van der Waals surface area contributed by atoms with E-state index < -0.39 is 17.6 Å². The maximum absolute atomic E-state index is 12.6. The van der Waals surface area contributed by atoms with Gasteiger partial charge in [0.1, 0.15) is 12.4 Å². The highest BCUT2D eigenvalue weighted by Crippen LogP contribution is 2.31. The Balaban J connectivity index is 2.11. The van der Waals surface area contributed by atoms with Crippen LogP contribution < -0.4 is 16.0 Å². The summed E-state index contributed by atoms with van der Waals surface area (Å²) in [6.07, 6.45) is -3.19. The molecule has 3 N–H and O–H groups in total. The highest BCUT2D eigenvalue weighted by Gasteiger charge is 2.30. The molecule has 0 saturated carbocycles. The number of hydrogen-bond acceptors (Lipinski definition) is 4. The molecule has 21 heavy (non-hydrogen) atoms. The lowest BCUT2D eigenvalue weighted by molar-refractivity contribution is -0.137. The van der Waals surface area contributed by atoms with Gasteiger partial charge in [0.15, 0.2) is 5.76 Å². The van der Waals surface area contributed by atoms with Gasteiger partial charge in [0.2, 0.25) is 0 Å². The predicted molar refractivity (Wildman–Crippen MR) is 66.1 cm³/mol. The van der Waals surface area contributed by atoms with E-state index in [2.05, 4.69) is 0 Å². The molecule has 1 aromatic carbocycles. The Hall–Kier alpha value is -2.48. The molecule has 0 spiro atoms. The first-order valence-corrected chi connectivity index (χ1v) is 5.79. The number of alkyl halides is 3. The Morgan fingerprint density at radius 3 is 2.76 bits per heavy atom. The highest BCUT2D eigenvalue weighted by atomic mass is 19.4. The SMILES string of the molecule is NNC(=O)c1ccoc1COc1cccc(C(F)(F)F)c1. The molecule has 2 rings (SSSR count). The number of carbonyl (C=O) groups is 1. The maximum atomic E-state index is 12.6. The van der Waals surface area contributed by atoms with Crippen LogP contribution in [0.5, 0.6) is 5.75 Å². The van der Waals surface area contributed by atoms with Crippen molar-refractivity contribution in [3.8, 4) is 5.75 Å². The van der Waals surface area contributed by atoms with E-state index in [-0.39, 0.29) is 23.7 Å². The Kier molecular flexibility index (Phi) is 4.18. The van der Waals surface area contributed by atoms with Gasteiger partial charge in [-0.25, -0.2) is 5.84 Å². The monoisotopic (exact) mass is 300 g/mol. The molecule has 0 unspecified atom stereocenters. The number of carbonyl (C=O) groups excluding carboxylic acids is 1. The van der Waals surface area contributed by atoms with E-state index in [0.717, 1.165) is 12.1 Å². The number of hydrogen-bond donors (Lipinski definition) is 2. The predicted octanol–water partition coefficient (Wildman–Crippen LogP) is 2.48. The van der Waals surface area contributed by atoms with Gasteiger partial charge in [0, 0.05) is 0 Å². The Morgan fingerprint density at radius 1 is 1.33 bits per heavy atom. The number of nitrogens with two attached hydrogens (primary N) is 1. The zero-order valence-electron chi connectivity index (χ0n) is 10.6. The molecule has 0 aliphatic carbocycles. The standard InChI is InChI=1S/C13H11F3N2O3/c14-13(15,16)8-2-1-3-9(6-8)21-7-11-10(4-5-20-11)12(19)18-17/h1-6H,7,17H2,(H,18,19). The zero-order valence-corrected chi connectivity index (χ0v) is 10.6. The number of ether oxygens (including phenoxy) is 1. The number of furan rings is 1. The van der Waals surface area contributed by atoms with Gasteiger partial charge in [-0.3, -0.25) is 10.2 Å². The molecule has 1 amide bonds. The fraction of sp³-hybridized carbons (Fsp3) is 0.154. The quantitative estimate of drug-likeness (QED) is 0.516. The molecule has 112 valence electrons. The number of rotatable bonds is 4. The topological polar surface area (TPSA) is 77.5 Å². The summed E-state index contributed by atoms with van der Waals surface area (Å²) in [5.41, 5.74) is 1.27. The lowest BCUT2D eigenvalue weighted by atomic mass is 10.2. The summed E-state index contributed by atoms with van der Waals surface area (Å²) in [5, 5.41) is 0. The maximum Gasteiger partial charge on any atom is 0.416 e. The largest absolute Gasteiger partial charge is 0.486 e. The molecule has 0 fully saturated rings. The van der Waals surface area contributed by atoms with Crippen LogP contribution >= 0.6 is 0 Å². The number of hydrazine groups is 1. The van der Waals surface area contributed by atoms with Crippen molar-refractivity contribution in [1.82, 2.24) is 5.43 Å². The lowest BCUT2D eigenvalue weighted by Crippen LogP contribution is -2.30. The van der Waals surface area contributed by atoms with Gasteiger partial charge in [-0.15, -0.1) is 0 Å². The molecule has 1 aromatic heterocycles. The third-order valence-electron chi connectivity index (χ3n) is 2.65. The average molecular weight is 300 g/mol. The number of nitrogen functional groups attached to an aromatic ring is 1. The van der Waals surface area contributed by atoms with Crippen LogP contribution in [0.15, 0.2) is 41.0 Å². The molecular weight excluding hydrogens is 289 g/mol. The molecule has 1 heterocycles. The van der Waals surface area contributed by atoms with Crippen molar-refractivity contribution in [2.24, 2.45) is 5.84 Å². The molecule has 2 aromatic rings. The van der Waals surface area contributed by atoms with Crippen molar-refractivity contribution in [2.45, 2.75) is 12.8 Å². The minimum absolute atomic E-state index is 0.0142. The zero-order chi connectivity index (χ0) is 15.5. The third kappa shape index (κ3) is 3.54. The van der Waals surface area contributed by atoms with E-state index in [1.807, 2.05) is 5.43 Å². The first-order valence-electron chi connectivity index (χ1n) is 5.79. The van der Waals surface area contributed by atoms with Crippen LogP contribution in [0.25, 0.3) is 0 Å². The summed E-state index contributed by atoms with van der Waals surface area (Å²) >= 11 is 0. The van der Waals surface area contributed by atoms with Gasteiger partial charge in [-0.05, 0) is 24.3 Å². The average Bonchev–Trinajstić information content (AvgIpc) is 2.92. The molecule has 0 aliphatic rings. The molecule has 0 radical (unpaired) electrons. The van der Waals surface area contributed by atoms with E-state index in [9.17, 15) is 18.0 Å². The fourth-order valence-electron chi connectivity index (χ4n) is 1.64. The number of halogens is 3. The second-order valence-electron chi connectivity index (χ2n) is 4.05. The minimum atomic E-state index is -4.45. The smallest absolute Gasteiger partial charge is 0.416 e. The normalized spacial score (nSPS) is 11.2. The van der Waals surface area contributed by atoms with Crippen LogP contribution in [0.4, 0.5) is 13.2 Å². The highest BCUT2D eigenvalue weighted by molar-refractivity contribution is 5.94. The van der Waals surface area contributed by atoms with Crippen LogP contribution in [0, 0.1) is 0 Å². The van der Waals surface area contributed by atoms with Gasteiger partial charge in [0.25, 0.3) is 5.91 Å². The van der Waals surface area contributed by atoms with Crippen LogP contribution in [0.3, 0.4) is 0 Å². The summed E-state index contributed by atoms with van der Waals surface area (Å²) in [6, 6.07) is 5.79. The van der Waals surface area contributed by atoms with Gasteiger partial charge in [-0.2, -0.15) is 13.2 Å². The Bertz CT molecular complexity index is 638. The number of nitrogens with one attached hydrogen (secondary N) is 1. The van der Waals surface area contributed by atoms with Gasteiger partial charge < -0.3 is 9.15 Å². The second kappa shape index (κ2) is 5.88. The number of benzene rings is 1. The van der Waals surface area contributed by atoms with Crippen molar-refractivity contribution in [2.75, 3.05) is 0 Å². The minimum Gasteiger partial charge on any atom is -0.486 e. The molecule has 0 aliphatic heterocycles. The lowest BCUT2D eigenvalue weighted by Gasteiger charge is -2.10. The van der Waals surface area contributed by atoms with E-state index in [0.29, 0.717) is 0 Å². The first-order chi connectivity index (χ1) is 9.91. The van der Waals surface area contributed by atoms with Crippen LogP contribution in [-0.2, 0) is 12.8 Å². The molecular formula is C13H11F3N2O3. The van der Waals surface area contributed by atoms with E-state index in [4.69, 9.17) is 15.0 Å². The summed E-state index contributed by atoms with van der Waals surface area (Å²) in [5.74, 6) is 4.60. The summed E-state index contributed by atoms with van der Waals surface area (Å²) in [4.78, 5) is 11.4. The van der Waals surface area contributed by atoms with Crippen molar-refractivity contribution in [3.05, 3.63) is 53.5 Å². The van der Waals surface area contributed by atoms with Crippen LogP contribution in [0.2, 0.25) is 0 Å². The van der Waals surface area contributed by atoms with E-state index >= 15 is 0 Å². The Labute approximate surface area is 117 Å². The number of amides is 1. The molecule has 0 saturated heterocycles. The van der Waals surface area contributed by atoms with Gasteiger partial charge in [0.05, 0.1) is 17.4 Å². The van der Waals surface area contributed by atoms with Crippen LogP contribution in [-0.4, -0.2) is 5.91 Å². The molecule has 8 heteroatoms. The van der Waals surface area contributed by atoms with Crippen molar-refractivity contribution in [1.29, 1.82) is 0 Å². The van der Waals surface area contributed by atoms with Crippen molar-refractivity contribution < 1.29 is 27.1 Å². The summed E-state index contributed by atoms with van der Waals surface area (Å²) in [7, 11) is 0. The third-order valence-corrected chi connectivity index (χ3v) is 2.65. The molecule has 0 bridgehead atoms. The van der Waals surface area contributed by atoms with E-state index in [1.54, 1.807) is 0 Å². The van der Waals surface area contributed by atoms with Gasteiger partial charge >= 0.3 is 6.18 Å². The van der Waals surface area contributed by atoms with Gasteiger partial charge in [-0.1, -0.05) is 6.07 Å². The van der Waals surface area contributed by atoms with E-state index in [1.165, 1.54) is 24.5 Å².